The molecular weight excluding hydrogens is 168 g/mol. The van der Waals surface area contributed by atoms with Crippen LogP contribution in [0.1, 0.15) is 49.7 Å². The number of benzene rings is 1. The van der Waals surface area contributed by atoms with E-state index in [4.69, 9.17) is 0 Å². The Labute approximate surface area is 87.3 Å². The number of hydrogen-bond acceptors (Lipinski definition) is 0. The van der Waals surface area contributed by atoms with Gasteiger partial charge >= 0.3 is 0 Å². The van der Waals surface area contributed by atoms with Crippen molar-refractivity contribution in [1.29, 1.82) is 0 Å². The van der Waals surface area contributed by atoms with Crippen LogP contribution in [0.3, 0.4) is 0 Å². The molecule has 75 valence electrons. The summed E-state index contributed by atoms with van der Waals surface area (Å²) in [5.41, 5.74) is 2.91. The van der Waals surface area contributed by atoms with Gasteiger partial charge in [0, 0.05) is 0 Å². The van der Waals surface area contributed by atoms with Gasteiger partial charge in [-0.15, -0.1) is 0 Å². The summed E-state index contributed by atoms with van der Waals surface area (Å²) in [5, 5.41) is 0. The molecule has 0 atom stereocenters. The van der Waals surface area contributed by atoms with Crippen LogP contribution in [0.4, 0.5) is 0 Å². The maximum Gasteiger partial charge on any atom is -0.0162 e. The maximum atomic E-state index is 2.31. The van der Waals surface area contributed by atoms with Crippen molar-refractivity contribution in [3.63, 3.8) is 0 Å². The van der Waals surface area contributed by atoms with E-state index >= 15 is 0 Å². The Morgan fingerprint density at radius 1 is 0.929 bits per heavy atom. The Balaban J connectivity index is 2.05. The van der Waals surface area contributed by atoms with Gasteiger partial charge in [0.1, 0.15) is 0 Å². The van der Waals surface area contributed by atoms with E-state index in [2.05, 4.69) is 38.1 Å². The molecule has 1 aromatic carbocycles. The smallest absolute Gasteiger partial charge is 0.0162 e. The second-order valence-electron chi connectivity index (χ2n) is 4.64. The van der Waals surface area contributed by atoms with E-state index in [1.165, 1.54) is 31.2 Å². The van der Waals surface area contributed by atoms with Crippen molar-refractivity contribution in [2.24, 2.45) is 0 Å². The molecule has 1 aliphatic carbocycles. The molecule has 0 aromatic heterocycles. The monoisotopic (exact) mass is 187 g/mol. The van der Waals surface area contributed by atoms with Crippen LogP contribution in [0.15, 0.2) is 24.3 Å². The van der Waals surface area contributed by atoms with Crippen molar-refractivity contribution in [3.8, 4) is 0 Å². The van der Waals surface area contributed by atoms with E-state index in [-0.39, 0.29) is 0 Å². The van der Waals surface area contributed by atoms with E-state index in [9.17, 15) is 0 Å². The van der Waals surface area contributed by atoms with Gasteiger partial charge < -0.3 is 0 Å². The zero-order chi connectivity index (χ0) is 9.97. The maximum absolute atomic E-state index is 2.31. The quantitative estimate of drug-likeness (QED) is 0.616. The highest BCUT2D eigenvalue weighted by Crippen LogP contribution is 2.36. The number of aryl methyl sites for hydroxylation is 1. The van der Waals surface area contributed by atoms with Crippen LogP contribution in [-0.2, 0) is 0 Å². The molecule has 0 heterocycles. The summed E-state index contributed by atoms with van der Waals surface area (Å²) < 4.78 is 0. The molecule has 1 aliphatic rings. The average Bonchev–Trinajstić information content (AvgIpc) is 2.21. The lowest BCUT2D eigenvalue weighted by Crippen LogP contribution is -2.09. The fraction of sp³-hybridized carbons (Fsp3) is 0.500. The molecule has 2 rings (SSSR count). The van der Waals surface area contributed by atoms with Gasteiger partial charge in [-0.25, -0.2) is 0 Å². The number of hydrogen-bond donors (Lipinski definition) is 0. The third-order valence-electron chi connectivity index (χ3n) is 3.39. The summed E-state index contributed by atoms with van der Waals surface area (Å²) in [7, 11) is 0. The average molecular weight is 187 g/mol. The Kier molecular flexibility index (Phi) is 2.90. The van der Waals surface area contributed by atoms with Crippen LogP contribution >= 0.6 is 0 Å². The molecule has 0 nitrogen and oxygen atoms in total. The summed E-state index contributed by atoms with van der Waals surface area (Å²) in [6.07, 6.45) is 5.38. The lowest BCUT2D eigenvalue weighted by molar-refractivity contribution is 0.472. The molecule has 1 radical (unpaired) electrons. The van der Waals surface area contributed by atoms with Gasteiger partial charge in [0.2, 0.25) is 0 Å². The third kappa shape index (κ3) is 2.17. The van der Waals surface area contributed by atoms with Crippen molar-refractivity contribution in [2.75, 3.05) is 0 Å². The normalized spacial score (nSPS) is 19.9. The molecular formula is C14H19. The second kappa shape index (κ2) is 4.16. The first kappa shape index (κ1) is 9.76. The highest BCUT2D eigenvalue weighted by molar-refractivity contribution is 5.25. The summed E-state index contributed by atoms with van der Waals surface area (Å²) in [6, 6.07) is 9.09. The molecule has 0 unspecified atom stereocenters. The topological polar surface area (TPSA) is 0 Å². The van der Waals surface area contributed by atoms with Crippen molar-refractivity contribution in [3.05, 3.63) is 41.3 Å². The summed E-state index contributed by atoms with van der Waals surface area (Å²) in [4.78, 5) is 0. The summed E-state index contributed by atoms with van der Waals surface area (Å²) in [5.74, 6) is 2.51. The molecule has 0 amide bonds. The summed E-state index contributed by atoms with van der Waals surface area (Å²) >= 11 is 0. The molecule has 0 spiro atoms. The van der Waals surface area contributed by atoms with E-state index in [0.717, 1.165) is 5.92 Å². The van der Waals surface area contributed by atoms with Gasteiger partial charge in [0.25, 0.3) is 0 Å². The van der Waals surface area contributed by atoms with Crippen molar-refractivity contribution < 1.29 is 0 Å². The highest BCUT2D eigenvalue weighted by Gasteiger charge is 2.19. The molecule has 0 N–H and O–H groups in total. The Bertz CT molecular complexity index is 275. The fourth-order valence-electron chi connectivity index (χ4n) is 2.28. The van der Waals surface area contributed by atoms with Gasteiger partial charge in [0.05, 0.1) is 0 Å². The van der Waals surface area contributed by atoms with E-state index in [0.29, 0.717) is 0 Å². The standard InChI is InChI=1S/C14H19/c1-11-3-7-13(8-4-11)14-9-5-12(2)6-10-14/h3-4,7-8,14H,5-6,9-10H2,1-2H3. The lowest BCUT2D eigenvalue weighted by atomic mass is 9.79. The van der Waals surface area contributed by atoms with Crippen LogP contribution in [0.5, 0.6) is 0 Å². The third-order valence-corrected chi connectivity index (χ3v) is 3.39. The van der Waals surface area contributed by atoms with Crippen LogP contribution in [0.25, 0.3) is 0 Å². The predicted molar refractivity (Wildman–Crippen MR) is 61.3 cm³/mol. The largest absolute Gasteiger partial charge is 0.0591 e. The minimum atomic E-state index is 0.819. The van der Waals surface area contributed by atoms with Crippen LogP contribution < -0.4 is 0 Å². The lowest BCUT2D eigenvalue weighted by Gasteiger charge is -2.26. The molecule has 0 aliphatic heterocycles. The first-order chi connectivity index (χ1) is 6.75. The molecule has 1 fully saturated rings. The van der Waals surface area contributed by atoms with Crippen LogP contribution in [-0.4, -0.2) is 0 Å². The number of rotatable bonds is 1. The van der Waals surface area contributed by atoms with Crippen LogP contribution in [0, 0.1) is 12.8 Å². The van der Waals surface area contributed by atoms with E-state index in [1.54, 1.807) is 11.5 Å². The fourth-order valence-corrected chi connectivity index (χ4v) is 2.28. The van der Waals surface area contributed by atoms with Gasteiger partial charge in [-0.2, -0.15) is 0 Å². The molecule has 14 heavy (non-hydrogen) atoms. The zero-order valence-corrected chi connectivity index (χ0v) is 9.22. The molecule has 1 aromatic rings. The first-order valence-electron chi connectivity index (χ1n) is 5.63. The predicted octanol–water partition coefficient (Wildman–Crippen LogP) is 4.25. The van der Waals surface area contributed by atoms with Crippen molar-refractivity contribution >= 4 is 0 Å². The Hall–Kier alpha value is -0.780. The summed E-state index contributed by atoms with van der Waals surface area (Å²) in [6.45, 7) is 4.45. The Morgan fingerprint density at radius 2 is 1.50 bits per heavy atom. The Morgan fingerprint density at radius 3 is 2.07 bits per heavy atom. The minimum Gasteiger partial charge on any atom is -0.0591 e. The van der Waals surface area contributed by atoms with Gasteiger partial charge in [-0.1, -0.05) is 36.8 Å². The van der Waals surface area contributed by atoms with Gasteiger partial charge in [0.15, 0.2) is 0 Å². The molecule has 0 saturated heterocycles. The van der Waals surface area contributed by atoms with E-state index < -0.39 is 0 Å². The first-order valence-corrected chi connectivity index (χ1v) is 5.63. The molecule has 0 heteroatoms. The zero-order valence-electron chi connectivity index (χ0n) is 9.22. The van der Waals surface area contributed by atoms with Gasteiger partial charge in [-0.05, 0) is 50.0 Å². The van der Waals surface area contributed by atoms with Crippen molar-refractivity contribution in [1.82, 2.24) is 0 Å². The molecule has 1 saturated carbocycles. The SMILES string of the molecule is C[C]1CCC(c2ccc(C)cc2)CC1. The van der Waals surface area contributed by atoms with Crippen LogP contribution in [0.2, 0.25) is 0 Å². The minimum absolute atomic E-state index is 0.819. The van der Waals surface area contributed by atoms with E-state index in [1.807, 2.05) is 0 Å². The van der Waals surface area contributed by atoms with Crippen molar-refractivity contribution in [2.45, 2.75) is 45.4 Å². The highest BCUT2D eigenvalue weighted by atomic mass is 14.2. The second-order valence-corrected chi connectivity index (χ2v) is 4.64. The van der Waals surface area contributed by atoms with Gasteiger partial charge in [-0.3, -0.25) is 0 Å². The molecule has 0 bridgehead atoms.